The van der Waals surface area contributed by atoms with Crippen molar-refractivity contribution in [2.24, 2.45) is 0 Å². The van der Waals surface area contributed by atoms with E-state index in [0.29, 0.717) is 38.7 Å². The molecule has 9 heteroatoms. The van der Waals surface area contributed by atoms with Crippen LogP contribution in [0, 0.1) is 0 Å². The van der Waals surface area contributed by atoms with Crippen molar-refractivity contribution in [2.75, 3.05) is 5.32 Å². The number of amides is 1. The molecule has 0 saturated heterocycles. The van der Waals surface area contributed by atoms with Crippen LogP contribution in [-0.2, 0) is 6.54 Å². The van der Waals surface area contributed by atoms with Crippen LogP contribution in [-0.4, -0.2) is 25.9 Å². The molecule has 2 aromatic carbocycles. The Morgan fingerprint density at radius 3 is 2.52 bits per heavy atom. The first kappa shape index (κ1) is 19.5. The number of hydrogen-bond acceptors (Lipinski definition) is 3. The highest BCUT2D eigenvalue weighted by Gasteiger charge is 2.13. The number of anilines is 1. The predicted molar refractivity (Wildman–Crippen MR) is 115 cm³/mol. The molecular weight excluding hydrogens is 433 g/mol. The topological polar surface area (TPSA) is 75.6 Å². The van der Waals surface area contributed by atoms with Crippen molar-refractivity contribution in [2.45, 2.75) is 6.54 Å². The molecule has 2 heterocycles. The van der Waals surface area contributed by atoms with Crippen molar-refractivity contribution in [3.05, 3.63) is 87.2 Å². The number of aromatic nitrogens is 4. The van der Waals surface area contributed by atoms with Gasteiger partial charge in [0.1, 0.15) is 5.69 Å². The Bertz CT molecular complexity index is 1150. The van der Waals surface area contributed by atoms with Crippen LogP contribution in [0.5, 0.6) is 0 Å². The summed E-state index contributed by atoms with van der Waals surface area (Å²) in [5, 5.41) is 15.7. The number of benzene rings is 2. The monoisotopic (exact) mass is 445 g/mol. The summed E-state index contributed by atoms with van der Waals surface area (Å²) in [5.74, 6) is -0.326. The van der Waals surface area contributed by atoms with Crippen molar-refractivity contribution in [1.82, 2.24) is 20.0 Å². The zero-order valence-electron chi connectivity index (χ0n) is 14.9. The van der Waals surface area contributed by atoms with E-state index in [9.17, 15) is 4.79 Å². The molecule has 0 radical (unpaired) electrons. The van der Waals surface area contributed by atoms with E-state index >= 15 is 0 Å². The second-order valence-corrected chi connectivity index (χ2v) is 7.51. The Balaban J connectivity index is 1.45. The Hall–Kier alpha value is -2.80. The number of nitrogens with zero attached hydrogens (tertiary/aromatic N) is 3. The van der Waals surface area contributed by atoms with Crippen molar-refractivity contribution < 1.29 is 4.79 Å². The summed E-state index contributed by atoms with van der Waals surface area (Å²) in [4.78, 5) is 12.5. The molecule has 6 nitrogen and oxygen atoms in total. The average molecular weight is 447 g/mol. The zero-order chi connectivity index (χ0) is 20.4. The molecule has 2 N–H and O–H groups in total. The van der Waals surface area contributed by atoms with Crippen molar-refractivity contribution in [3.63, 3.8) is 0 Å². The van der Waals surface area contributed by atoms with Gasteiger partial charge < -0.3 is 5.32 Å². The number of nitrogens with one attached hydrogen (secondary N) is 2. The van der Waals surface area contributed by atoms with Crippen LogP contribution in [0.15, 0.2) is 60.9 Å². The van der Waals surface area contributed by atoms with Crippen molar-refractivity contribution >= 4 is 46.4 Å². The first-order chi connectivity index (χ1) is 14.0. The van der Waals surface area contributed by atoms with Gasteiger partial charge in [-0.15, -0.1) is 0 Å². The Kier molecular flexibility index (Phi) is 5.58. The van der Waals surface area contributed by atoms with Crippen LogP contribution in [0.2, 0.25) is 15.1 Å². The van der Waals surface area contributed by atoms with E-state index in [1.54, 1.807) is 53.5 Å². The third-order valence-electron chi connectivity index (χ3n) is 4.24. The molecule has 0 aliphatic rings. The maximum Gasteiger partial charge on any atom is 0.273 e. The van der Waals surface area contributed by atoms with Gasteiger partial charge in [0, 0.05) is 32.4 Å². The molecule has 4 rings (SSSR count). The average Bonchev–Trinajstić information content (AvgIpc) is 3.35. The van der Waals surface area contributed by atoms with E-state index < -0.39 is 0 Å². The van der Waals surface area contributed by atoms with E-state index in [1.165, 1.54) is 0 Å². The molecule has 0 aliphatic heterocycles. The molecule has 0 aliphatic carbocycles. The fourth-order valence-corrected chi connectivity index (χ4v) is 3.41. The van der Waals surface area contributed by atoms with Gasteiger partial charge in [-0.25, -0.2) is 0 Å². The normalized spacial score (nSPS) is 10.9. The van der Waals surface area contributed by atoms with E-state index in [-0.39, 0.29) is 5.91 Å². The molecule has 29 heavy (non-hydrogen) atoms. The van der Waals surface area contributed by atoms with Gasteiger partial charge in [0.05, 0.1) is 24.1 Å². The Morgan fingerprint density at radius 2 is 1.79 bits per heavy atom. The molecule has 0 atom stereocenters. The van der Waals surface area contributed by atoms with Crippen LogP contribution in [0.3, 0.4) is 0 Å². The van der Waals surface area contributed by atoms with Crippen LogP contribution < -0.4 is 5.32 Å². The number of hydrogen-bond donors (Lipinski definition) is 2. The van der Waals surface area contributed by atoms with E-state index in [0.717, 1.165) is 11.1 Å². The lowest BCUT2D eigenvalue weighted by molar-refractivity contribution is 0.102. The molecule has 0 saturated carbocycles. The molecule has 0 spiro atoms. The number of aromatic amines is 1. The molecule has 0 bridgehead atoms. The predicted octanol–water partition coefficient (Wildman–Crippen LogP) is 5.53. The summed E-state index contributed by atoms with van der Waals surface area (Å²) in [6.07, 6.45) is 3.26. The number of carbonyl (C=O) groups is 1. The summed E-state index contributed by atoms with van der Waals surface area (Å²) in [6.45, 7) is 0.388. The SMILES string of the molecule is O=C(Nc1cnn(Cc2c(Cl)cccc2Cl)c1)c1cc(-c2ccc(Cl)cc2)n[nH]1. The van der Waals surface area contributed by atoms with Gasteiger partial charge in [-0.1, -0.05) is 53.0 Å². The first-order valence-electron chi connectivity index (χ1n) is 8.57. The molecule has 0 fully saturated rings. The van der Waals surface area contributed by atoms with Crippen LogP contribution >= 0.6 is 34.8 Å². The van der Waals surface area contributed by atoms with Crippen molar-refractivity contribution in [1.29, 1.82) is 0 Å². The second-order valence-electron chi connectivity index (χ2n) is 6.25. The van der Waals surface area contributed by atoms with Crippen LogP contribution in [0.4, 0.5) is 5.69 Å². The fraction of sp³-hybridized carbons (Fsp3) is 0.0500. The lowest BCUT2D eigenvalue weighted by atomic mass is 10.1. The van der Waals surface area contributed by atoms with Crippen molar-refractivity contribution in [3.8, 4) is 11.3 Å². The highest BCUT2D eigenvalue weighted by molar-refractivity contribution is 6.36. The molecule has 0 unspecified atom stereocenters. The van der Waals surface area contributed by atoms with Gasteiger partial charge in [0.15, 0.2) is 0 Å². The summed E-state index contributed by atoms with van der Waals surface area (Å²) in [7, 11) is 0. The molecule has 146 valence electrons. The smallest absolute Gasteiger partial charge is 0.273 e. The fourth-order valence-electron chi connectivity index (χ4n) is 2.76. The zero-order valence-corrected chi connectivity index (χ0v) is 17.1. The van der Waals surface area contributed by atoms with E-state index in [4.69, 9.17) is 34.8 Å². The minimum Gasteiger partial charge on any atom is -0.318 e. The molecule has 2 aromatic heterocycles. The standard InChI is InChI=1S/C20H14Cl3N5O/c21-13-6-4-12(5-7-13)18-8-19(27-26-18)20(29)25-14-9-24-28(10-14)11-15-16(22)2-1-3-17(15)23/h1-10H,11H2,(H,25,29)(H,26,27). The molecule has 4 aromatic rings. The maximum atomic E-state index is 12.5. The molecular formula is C20H14Cl3N5O. The maximum absolute atomic E-state index is 12.5. The summed E-state index contributed by atoms with van der Waals surface area (Å²) in [5.41, 5.74) is 3.14. The van der Waals surface area contributed by atoms with Gasteiger partial charge in [0.2, 0.25) is 0 Å². The lowest BCUT2D eigenvalue weighted by Gasteiger charge is -2.06. The van der Waals surface area contributed by atoms with E-state index in [1.807, 2.05) is 12.1 Å². The van der Waals surface area contributed by atoms with Gasteiger partial charge in [-0.3, -0.25) is 14.6 Å². The molecule has 1 amide bonds. The first-order valence-corrected chi connectivity index (χ1v) is 9.71. The van der Waals surface area contributed by atoms with Gasteiger partial charge >= 0.3 is 0 Å². The number of rotatable bonds is 5. The van der Waals surface area contributed by atoms with Gasteiger partial charge in [-0.2, -0.15) is 10.2 Å². The third-order valence-corrected chi connectivity index (χ3v) is 5.20. The quantitative estimate of drug-likeness (QED) is 0.423. The Morgan fingerprint density at radius 1 is 1.07 bits per heavy atom. The largest absolute Gasteiger partial charge is 0.318 e. The minimum absolute atomic E-state index is 0.326. The van der Waals surface area contributed by atoms with Gasteiger partial charge in [-0.05, 0) is 30.3 Å². The lowest BCUT2D eigenvalue weighted by Crippen LogP contribution is -2.11. The number of H-pyrrole nitrogens is 1. The van der Waals surface area contributed by atoms with Crippen LogP contribution in [0.1, 0.15) is 16.1 Å². The summed E-state index contributed by atoms with van der Waals surface area (Å²) in [6, 6.07) is 14.2. The number of halogens is 3. The third kappa shape index (κ3) is 4.45. The number of carbonyl (C=O) groups excluding carboxylic acids is 1. The van der Waals surface area contributed by atoms with Gasteiger partial charge in [0.25, 0.3) is 5.91 Å². The highest BCUT2D eigenvalue weighted by Crippen LogP contribution is 2.25. The highest BCUT2D eigenvalue weighted by atomic mass is 35.5. The van der Waals surface area contributed by atoms with Crippen LogP contribution in [0.25, 0.3) is 11.3 Å². The summed E-state index contributed by atoms with van der Waals surface area (Å²) >= 11 is 18.3. The summed E-state index contributed by atoms with van der Waals surface area (Å²) < 4.78 is 1.65. The minimum atomic E-state index is -0.326. The Labute approximate surface area is 181 Å². The second kappa shape index (κ2) is 8.29. The van der Waals surface area contributed by atoms with E-state index in [2.05, 4.69) is 20.6 Å².